The van der Waals surface area contributed by atoms with Gasteiger partial charge in [0.2, 0.25) is 5.91 Å². The van der Waals surface area contributed by atoms with E-state index in [0.29, 0.717) is 5.02 Å². The van der Waals surface area contributed by atoms with Crippen molar-refractivity contribution in [2.45, 2.75) is 16.8 Å². The van der Waals surface area contributed by atoms with Gasteiger partial charge in [0, 0.05) is 18.1 Å². The largest absolute Gasteiger partial charge is 0.445 e. The van der Waals surface area contributed by atoms with Gasteiger partial charge < -0.3 is 15.0 Å². The predicted molar refractivity (Wildman–Crippen MR) is 104 cm³/mol. The normalized spacial score (nSPS) is 14.2. The van der Waals surface area contributed by atoms with Gasteiger partial charge in [-0.2, -0.15) is 0 Å². The van der Waals surface area contributed by atoms with Crippen LogP contribution >= 0.6 is 11.6 Å². The summed E-state index contributed by atoms with van der Waals surface area (Å²) < 4.78 is 30.0. The number of amides is 2. The number of halogens is 1. The Labute approximate surface area is 168 Å². The summed E-state index contributed by atoms with van der Waals surface area (Å²) in [7, 11) is -3.52. The second-order valence-electron chi connectivity index (χ2n) is 6.33. The van der Waals surface area contributed by atoms with Gasteiger partial charge >= 0.3 is 6.09 Å². The Balaban J connectivity index is 1.42. The third-order valence-electron chi connectivity index (χ3n) is 4.38. The first-order valence-corrected chi connectivity index (χ1v) is 10.5. The average molecular weight is 423 g/mol. The van der Waals surface area contributed by atoms with Crippen LogP contribution in [-0.4, -0.2) is 50.2 Å². The molecule has 0 aliphatic carbocycles. The second-order valence-corrected chi connectivity index (χ2v) is 9.00. The number of sulfone groups is 1. The van der Waals surface area contributed by atoms with E-state index in [1.165, 1.54) is 29.2 Å². The highest BCUT2D eigenvalue weighted by Gasteiger charge is 2.40. The Bertz CT molecular complexity index is 942. The third kappa shape index (κ3) is 4.82. The zero-order valence-electron chi connectivity index (χ0n) is 14.9. The Hall–Kier alpha value is -2.58. The standard InChI is InChI=1S/C19H19ClN2O5S/c20-15-6-8-16(9-7-15)28(25,26)17-11-22(12-17)18(23)10-21-19(24)27-13-14-4-2-1-3-5-14/h1-9,17H,10-13H2,(H,21,24). The summed E-state index contributed by atoms with van der Waals surface area (Å²) in [6.45, 7) is 0.0302. The lowest BCUT2D eigenvalue weighted by Gasteiger charge is -2.38. The summed E-state index contributed by atoms with van der Waals surface area (Å²) in [6, 6.07) is 15.1. The van der Waals surface area contributed by atoms with Crippen LogP contribution in [0.2, 0.25) is 5.02 Å². The zero-order valence-corrected chi connectivity index (χ0v) is 16.4. The van der Waals surface area contributed by atoms with Crippen LogP contribution in [0.1, 0.15) is 5.56 Å². The van der Waals surface area contributed by atoms with E-state index in [-0.39, 0.29) is 37.0 Å². The van der Waals surface area contributed by atoms with Gasteiger partial charge in [-0.25, -0.2) is 13.2 Å². The SMILES string of the molecule is O=C(NCC(=O)N1CC(S(=O)(=O)c2ccc(Cl)cc2)C1)OCc1ccccc1. The molecule has 28 heavy (non-hydrogen) atoms. The molecule has 0 saturated carbocycles. The van der Waals surface area contributed by atoms with Crippen LogP contribution in [0.3, 0.4) is 0 Å². The highest BCUT2D eigenvalue weighted by molar-refractivity contribution is 7.92. The van der Waals surface area contributed by atoms with Crippen molar-refractivity contribution in [3.05, 3.63) is 65.2 Å². The van der Waals surface area contributed by atoms with Crippen molar-refractivity contribution >= 4 is 33.4 Å². The fourth-order valence-corrected chi connectivity index (χ4v) is 4.47. The Morgan fingerprint density at radius 2 is 1.71 bits per heavy atom. The Kier molecular flexibility index (Phi) is 6.21. The van der Waals surface area contributed by atoms with Crippen molar-refractivity contribution in [1.29, 1.82) is 0 Å². The molecule has 0 unspecified atom stereocenters. The second kappa shape index (κ2) is 8.62. The van der Waals surface area contributed by atoms with Gasteiger partial charge in [0.1, 0.15) is 18.4 Å². The summed E-state index contributed by atoms with van der Waals surface area (Å²) in [4.78, 5) is 25.3. The number of ether oxygens (including phenoxy) is 1. The van der Waals surface area contributed by atoms with Crippen LogP contribution < -0.4 is 5.32 Å². The minimum absolute atomic E-state index is 0.0878. The third-order valence-corrected chi connectivity index (χ3v) is 6.74. The number of carbonyl (C=O) groups excluding carboxylic acids is 2. The van der Waals surface area contributed by atoms with Gasteiger partial charge in [0.25, 0.3) is 0 Å². The maximum Gasteiger partial charge on any atom is 0.407 e. The van der Waals surface area contributed by atoms with Gasteiger partial charge in [-0.1, -0.05) is 41.9 Å². The number of alkyl carbamates (subject to hydrolysis) is 1. The van der Waals surface area contributed by atoms with Gasteiger partial charge in [-0.3, -0.25) is 4.79 Å². The van der Waals surface area contributed by atoms with E-state index < -0.39 is 21.2 Å². The molecule has 1 fully saturated rings. The number of likely N-dealkylation sites (tertiary alicyclic amines) is 1. The molecule has 1 N–H and O–H groups in total. The molecule has 148 valence electrons. The lowest BCUT2D eigenvalue weighted by molar-refractivity contribution is -0.133. The maximum atomic E-state index is 12.5. The maximum absolute atomic E-state index is 12.5. The topological polar surface area (TPSA) is 92.8 Å². The van der Waals surface area contributed by atoms with Gasteiger partial charge in [-0.15, -0.1) is 0 Å². The van der Waals surface area contributed by atoms with Crippen LogP contribution in [-0.2, 0) is 26.0 Å². The Morgan fingerprint density at radius 3 is 2.36 bits per heavy atom. The number of rotatable bonds is 6. The molecule has 1 aliphatic heterocycles. The number of nitrogens with zero attached hydrogens (tertiary/aromatic N) is 1. The molecule has 2 aromatic carbocycles. The van der Waals surface area contributed by atoms with E-state index in [9.17, 15) is 18.0 Å². The minimum Gasteiger partial charge on any atom is -0.445 e. The molecule has 9 heteroatoms. The van der Waals surface area contributed by atoms with E-state index >= 15 is 0 Å². The molecule has 7 nitrogen and oxygen atoms in total. The van der Waals surface area contributed by atoms with Gasteiger partial charge in [0.05, 0.1) is 4.90 Å². The first-order valence-electron chi connectivity index (χ1n) is 8.58. The average Bonchev–Trinajstić information content (AvgIpc) is 2.64. The number of nitrogens with one attached hydrogen (secondary N) is 1. The fraction of sp³-hybridized carbons (Fsp3) is 0.263. The molecule has 1 heterocycles. The molecule has 2 aromatic rings. The molecule has 0 bridgehead atoms. The molecule has 0 aromatic heterocycles. The number of carbonyl (C=O) groups is 2. The summed E-state index contributed by atoms with van der Waals surface area (Å²) in [5.74, 6) is -0.362. The van der Waals surface area contributed by atoms with E-state index in [1.807, 2.05) is 30.3 Å². The first kappa shape index (κ1) is 20.2. The zero-order chi connectivity index (χ0) is 20.1. The fourth-order valence-electron chi connectivity index (χ4n) is 2.69. The quantitative estimate of drug-likeness (QED) is 0.770. The minimum atomic E-state index is -3.52. The van der Waals surface area contributed by atoms with Gasteiger partial charge in [0.15, 0.2) is 9.84 Å². The molecule has 1 saturated heterocycles. The van der Waals surface area contributed by atoms with Crippen molar-refractivity contribution in [2.24, 2.45) is 0 Å². The molecule has 0 atom stereocenters. The highest BCUT2D eigenvalue weighted by atomic mass is 35.5. The first-order chi connectivity index (χ1) is 13.4. The molecular weight excluding hydrogens is 404 g/mol. The highest BCUT2D eigenvalue weighted by Crippen LogP contribution is 2.24. The van der Waals surface area contributed by atoms with Crippen molar-refractivity contribution in [3.8, 4) is 0 Å². The summed E-state index contributed by atoms with van der Waals surface area (Å²) in [5.41, 5.74) is 0.835. The molecular formula is C19H19ClN2O5S. The van der Waals surface area contributed by atoms with Crippen LogP contribution in [0.25, 0.3) is 0 Å². The van der Waals surface area contributed by atoms with E-state index in [4.69, 9.17) is 16.3 Å². The van der Waals surface area contributed by atoms with E-state index in [1.54, 1.807) is 0 Å². The predicted octanol–water partition coefficient (Wildman–Crippen LogP) is 2.25. The van der Waals surface area contributed by atoms with Crippen molar-refractivity contribution in [3.63, 3.8) is 0 Å². The number of hydrogen-bond donors (Lipinski definition) is 1. The van der Waals surface area contributed by atoms with Crippen LogP contribution in [0, 0.1) is 0 Å². The van der Waals surface area contributed by atoms with Gasteiger partial charge in [-0.05, 0) is 29.8 Å². The molecule has 2 amide bonds. The van der Waals surface area contributed by atoms with E-state index in [0.717, 1.165) is 5.56 Å². The number of benzene rings is 2. The van der Waals surface area contributed by atoms with E-state index in [2.05, 4.69) is 5.32 Å². The van der Waals surface area contributed by atoms with Crippen LogP contribution in [0.4, 0.5) is 4.79 Å². The summed E-state index contributed by atoms with van der Waals surface area (Å²) in [5, 5.41) is 2.17. The summed E-state index contributed by atoms with van der Waals surface area (Å²) >= 11 is 5.78. The van der Waals surface area contributed by atoms with Crippen molar-refractivity contribution < 1.29 is 22.7 Å². The van der Waals surface area contributed by atoms with Crippen LogP contribution in [0.15, 0.2) is 59.5 Å². The molecule has 3 rings (SSSR count). The van der Waals surface area contributed by atoms with Crippen molar-refractivity contribution in [2.75, 3.05) is 19.6 Å². The van der Waals surface area contributed by atoms with Crippen LogP contribution in [0.5, 0.6) is 0 Å². The monoisotopic (exact) mass is 422 g/mol. The molecule has 0 radical (unpaired) electrons. The molecule has 1 aliphatic rings. The van der Waals surface area contributed by atoms with Crippen molar-refractivity contribution in [1.82, 2.24) is 10.2 Å². The smallest absolute Gasteiger partial charge is 0.407 e. The lowest BCUT2D eigenvalue weighted by atomic mass is 10.2. The molecule has 0 spiro atoms. The number of hydrogen-bond acceptors (Lipinski definition) is 5. The Morgan fingerprint density at radius 1 is 1.07 bits per heavy atom. The lowest BCUT2D eigenvalue weighted by Crippen LogP contribution is -2.58. The summed E-state index contributed by atoms with van der Waals surface area (Å²) in [6.07, 6.45) is -0.705.